The highest BCUT2D eigenvalue weighted by molar-refractivity contribution is 7.07. The summed E-state index contributed by atoms with van der Waals surface area (Å²) in [6.45, 7) is 6.93. The summed E-state index contributed by atoms with van der Waals surface area (Å²) < 4.78 is 2.21. The molecule has 0 aliphatic heterocycles. The van der Waals surface area contributed by atoms with Crippen LogP contribution in [0.15, 0.2) is 58.0 Å². The first-order valence-corrected chi connectivity index (χ1v) is 8.29. The smallest absolute Gasteiger partial charge is 0.211 e. The van der Waals surface area contributed by atoms with Crippen LogP contribution in [-0.2, 0) is 6.54 Å². The van der Waals surface area contributed by atoms with Crippen molar-refractivity contribution in [2.75, 3.05) is 0 Å². The Kier molecular flexibility index (Phi) is 4.20. The fourth-order valence-electron chi connectivity index (χ4n) is 2.44. The lowest BCUT2D eigenvalue weighted by atomic mass is 10.1. The normalized spacial score (nSPS) is 11.9. The van der Waals surface area contributed by atoms with E-state index in [1.165, 1.54) is 22.0 Å². The average molecular weight is 309 g/mol. The molecule has 0 saturated carbocycles. The van der Waals surface area contributed by atoms with E-state index in [0.29, 0.717) is 0 Å². The van der Waals surface area contributed by atoms with Gasteiger partial charge in [-0.2, -0.15) is 5.10 Å². The summed E-state index contributed by atoms with van der Waals surface area (Å²) in [5.41, 5.74) is 3.37. The highest BCUT2D eigenvalue weighted by Crippen LogP contribution is 2.24. The van der Waals surface area contributed by atoms with Gasteiger partial charge in [0.25, 0.3) is 0 Å². The minimum absolute atomic E-state index is 0.878. The molecule has 3 rings (SSSR count). The Morgan fingerprint density at radius 3 is 2.59 bits per heavy atom. The van der Waals surface area contributed by atoms with E-state index < -0.39 is 0 Å². The Morgan fingerprint density at radius 1 is 1.09 bits per heavy atom. The van der Waals surface area contributed by atoms with Gasteiger partial charge in [0.1, 0.15) is 0 Å². The van der Waals surface area contributed by atoms with Gasteiger partial charge in [-0.3, -0.25) is 0 Å². The van der Waals surface area contributed by atoms with Gasteiger partial charge in [-0.05, 0) is 43.2 Å². The van der Waals surface area contributed by atoms with E-state index in [0.717, 1.165) is 17.1 Å². The fraction of sp³-hybridized carbons (Fsp3) is 0.222. The first kappa shape index (κ1) is 14.7. The molecular formula is C18H19N3S. The maximum Gasteiger partial charge on any atom is 0.211 e. The topological polar surface area (TPSA) is 29.6 Å². The zero-order chi connectivity index (χ0) is 15.5. The minimum Gasteiger partial charge on any atom is -0.315 e. The molecule has 0 unspecified atom stereocenters. The van der Waals surface area contributed by atoms with Crippen LogP contribution < -0.4 is 4.80 Å². The van der Waals surface area contributed by atoms with Gasteiger partial charge in [0, 0.05) is 17.6 Å². The molecule has 0 bridgehead atoms. The molecule has 0 saturated heterocycles. The third-order valence-corrected chi connectivity index (χ3v) is 4.35. The van der Waals surface area contributed by atoms with Crippen molar-refractivity contribution in [1.29, 1.82) is 0 Å². The van der Waals surface area contributed by atoms with Gasteiger partial charge in [-0.15, -0.1) is 16.4 Å². The van der Waals surface area contributed by atoms with Gasteiger partial charge in [0.15, 0.2) is 0 Å². The second-order valence-electron chi connectivity index (χ2n) is 5.36. The summed E-state index contributed by atoms with van der Waals surface area (Å²) in [5, 5.41) is 13.2. The van der Waals surface area contributed by atoms with Crippen molar-refractivity contribution in [3.05, 3.63) is 52.6 Å². The summed E-state index contributed by atoms with van der Waals surface area (Å²) in [6, 6.07) is 15.0. The van der Waals surface area contributed by atoms with Crippen LogP contribution in [0.4, 0.5) is 0 Å². The Labute approximate surface area is 134 Å². The van der Waals surface area contributed by atoms with Crippen molar-refractivity contribution in [2.24, 2.45) is 10.2 Å². The molecule has 3 nitrogen and oxygen atoms in total. The number of aromatic nitrogens is 1. The summed E-state index contributed by atoms with van der Waals surface area (Å²) in [4.78, 5) is 0.937. The number of rotatable bonds is 3. The van der Waals surface area contributed by atoms with Crippen molar-refractivity contribution < 1.29 is 0 Å². The third kappa shape index (κ3) is 2.88. The van der Waals surface area contributed by atoms with Gasteiger partial charge in [0.05, 0.1) is 5.69 Å². The van der Waals surface area contributed by atoms with Crippen molar-refractivity contribution in [2.45, 2.75) is 27.3 Å². The van der Waals surface area contributed by atoms with Gasteiger partial charge < -0.3 is 4.57 Å². The van der Waals surface area contributed by atoms with Gasteiger partial charge in [-0.25, -0.2) is 0 Å². The monoisotopic (exact) mass is 309 g/mol. The van der Waals surface area contributed by atoms with Crippen LogP contribution in [0.5, 0.6) is 0 Å². The molecule has 0 fully saturated rings. The molecule has 0 atom stereocenters. The van der Waals surface area contributed by atoms with E-state index in [2.05, 4.69) is 69.5 Å². The van der Waals surface area contributed by atoms with E-state index >= 15 is 0 Å². The quantitative estimate of drug-likeness (QED) is 0.496. The minimum atomic E-state index is 0.878. The molecule has 0 spiro atoms. The summed E-state index contributed by atoms with van der Waals surface area (Å²) in [7, 11) is 0. The van der Waals surface area contributed by atoms with Crippen LogP contribution in [0.1, 0.15) is 20.8 Å². The molecule has 22 heavy (non-hydrogen) atoms. The first-order valence-electron chi connectivity index (χ1n) is 7.41. The van der Waals surface area contributed by atoms with Crippen LogP contribution in [-0.4, -0.2) is 10.3 Å². The largest absolute Gasteiger partial charge is 0.315 e. The summed E-state index contributed by atoms with van der Waals surface area (Å²) in [6.07, 6.45) is 0. The number of benzene rings is 2. The number of fused-ring (bicyclic) bond motifs is 1. The zero-order valence-corrected chi connectivity index (χ0v) is 13.9. The Bertz CT molecular complexity index is 896. The molecular weight excluding hydrogens is 290 g/mol. The number of hydrogen-bond acceptors (Lipinski definition) is 3. The number of nitrogens with zero attached hydrogens (tertiary/aromatic N) is 3. The molecule has 4 heteroatoms. The van der Waals surface area contributed by atoms with Crippen molar-refractivity contribution >= 4 is 27.8 Å². The maximum absolute atomic E-state index is 4.35. The van der Waals surface area contributed by atoms with E-state index in [4.69, 9.17) is 0 Å². The van der Waals surface area contributed by atoms with Crippen molar-refractivity contribution in [1.82, 2.24) is 4.57 Å². The SMILES string of the molecule is CCn1c(-c2ccc3ccccc3c2)cs/c1=N\N=C(C)C. The van der Waals surface area contributed by atoms with E-state index in [-0.39, 0.29) is 0 Å². The highest BCUT2D eigenvalue weighted by Gasteiger charge is 2.07. The molecule has 0 aliphatic carbocycles. The molecule has 112 valence electrons. The van der Waals surface area contributed by atoms with Crippen LogP contribution in [0.2, 0.25) is 0 Å². The van der Waals surface area contributed by atoms with Gasteiger partial charge >= 0.3 is 0 Å². The number of hydrogen-bond donors (Lipinski definition) is 0. The standard InChI is InChI=1S/C18H19N3S/c1-4-21-17(12-22-18(21)20-19-13(2)3)16-10-9-14-7-5-6-8-15(14)11-16/h5-12H,4H2,1-3H3/b20-18-. The lowest BCUT2D eigenvalue weighted by molar-refractivity contribution is 0.736. The van der Waals surface area contributed by atoms with E-state index in [1.54, 1.807) is 11.3 Å². The second kappa shape index (κ2) is 6.28. The van der Waals surface area contributed by atoms with Crippen LogP contribution in [0.3, 0.4) is 0 Å². The molecule has 1 heterocycles. The predicted octanol–water partition coefficient (Wildman–Crippen LogP) is 4.69. The first-order chi connectivity index (χ1) is 10.7. The number of thiazole rings is 1. The molecule has 0 radical (unpaired) electrons. The van der Waals surface area contributed by atoms with E-state index in [1.807, 2.05) is 13.8 Å². The molecule has 1 aromatic heterocycles. The third-order valence-electron chi connectivity index (χ3n) is 3.49. The molecule has 2 aromatic carbocycles. The van der Waals surface area contributed by atoms with Gasteiger partial charge in [0.2, 0.25) is 4.80 Å². The van der Waals surface area contributed by atoms with Crippen molar-refractivity contribution in [3.8, 4) is 11.3 Å². The van der Waals surface area contributed by atoms with Gasteiger partial charge in [-0.1, -0.05) is 36.4 Å². The lowest BCUT2D eigenvalue weighted by Crippen LogP contribution is -2.14. The second-order valence-corrected chi connectivity index (χ2v) is 6.19. The van der Waals surface area contributed by atoms with Crippen LogP contribution >= 0.6 is 11.3 Å². The Balaban J connectivity index is 2.14. The zero-order valence-electron chi connectivity index (χ0n) is 13.1. The predicted molar refractivity (Wildman–Crippen MR) is 95.3 cm³/mol. The fourth-order valence-corrected chi connectivity index (χ4v) is 3.36. The van der Waals surface area contributed by atoms with Crippen LogP contribution in [0.25, 0.3) is 22.0 Å². The van der Waals surface area contributed by atoms with E-state index in [9.17, 15) is 0 Å². The average Bonchev–Trinajstić information content (AvgIpc) is 2.95. The lowest BCUT2D eigenvalue weighted by Gasteiger charge is -2.07. The molecule has 3 aromatic rings. The molecule has 0 N–H and O–H groups in total. The highest BCUT2D eigenvalue weighted by atomic mass is 32.1. The Morgan fingerprint density at radius 2 is 1.86 bits per heavy atom. The maximum atomic E-state index is 4.35. The Hall–Kier alpha value is -2.20. The van der Waals surface area contributed by atoms with Crippen molar-refractivity contribution in [3.63, 3.8) is 0 Å². The molecule has 0 aliphatic rings. The van der Waals surface area contributed by atoms with Crippen LogP contribution in [0, 0.1) is 0 Å². The summed E-state index contributed by atoms with van der Waals surface area (Å²) >= 11 is 1.63. The summed E-state index contributed by atoms with van der Waals surface area (Å²) in [5.74, 6) is 0. The molecule has 0 amide bonds.